The number of benzene rings is 6. The van der Waals surface area contributed by atoms with Crippen LogP contribution in [0, 0.1) is 0 Å². The van der Waals surface area contributed by atoms with Crippen LogP contribution in [0.15, 0.2) is 157 Å². The van der Waals surface area contributed by atoms with Crippen LogP contribution in [0.2, 0.25) is 0 Å². The molecule has 4 heteroatoms. The largest absolute Gasteiger partial charge is 0.456 e. The average molecular weight is 711 g/mol. The number of allylic oxidation sites excluding steroid dienone is 4. The van der Waals surface area contributed by atoms with Crippen molar-refractivity contribution in [3.05, 3.63) is 196 Å². The van der Waals surface area contributed by atoms with Gasteiger partial charge in [0.25, 0.3) is 0 Å². The van der Waals surface area contributed by atoms with Crippen molar-refractivity contribution < 1.29 is 4.74 Å². The van der Waals surface area contributed by atoms with E-state index in [1.165, 1.54) is 60.2 Å². The van der Waals surface area contributed by atoms with Crippen LogP contribution in [0.1, 0.15) is 65.4 Å². The Hall–Kier alpha value is -6.10. The van der Waals surface area contributed by atoms with E-state index in [1.807, 2.05) is 0 Å². The molecule has 1 atom stereocenters. The van der Waals surface area contributed by atoms with Crippen LogP contribution in [0.25, 0.3) is 48.3 Å². The minimum atomic E-state index is -0.542. The fraction of sp³-hybridized carbons (Fsp3) is 0.120. The van der Waals surface area contributed by atoms with Gasteiger partial charge in [-0.2, -0.15) is 0 Å². The van der Waals surface area contributed by atoms with Gasteiger partial charge in [0.05, 0.1) is 21.3 Å². The van der Waals surface area contributed by atoms with Gasteiger partial charge in [-0.15, -0.1) is 11.3 Å². The van der Waals surface area contributed by atoms with Gasteiger partial charge in [0.15, 0.2) is 0 Å². The summed E-state index contributed by atoms with van der Waals surface area (Å²) in [5.74, 6) is 2.63. The molecule has 0 amide bonds. The third-order valence-corrected chi connectivity index (χ3v) is 13.7. The highest BCUT2D eigenvalue weighted by molar-refractivity contribution is 7.26. The lowest BCUT2D eigenvalue weighted by Crippen LogP contribution is -2.32. The van der Waals surface area contributed by atoms with Gasteiger partial charge in [0.2, 0.25) is 0 Å². The summed E-state index contributed by atoms with van der Waals surface area (Å²) < 4.78 is 9.43. The number of aromatic nitrogens is 2. The highest BCUT2D eigenvalue weighted by Gasteiger charge is 2.51. The minimum absolute atomic E-state index is 0.0307. The molecule has 0 radical (unpaired) electrons. The summed E-state index contributed by atoms with van der Waals surface area (Å²) in [7, 11) is 0. The molecule has 8 aromatic rings. The number of ether oxygens (including phenoxy) is 1. The van der Waals surface area contributed by atoms with E-state index in [4.69, 9.17) is 14.7 Å². The molecule has 3 heterocycles. The SMILES string of the molecule is CC1(C)C2=CCC(c3nc(-c4cccc5c4Oc4ccccc4C54c5ccccc5-c5ccccc54)c4sc5ccccc5c4n3)C=C2c2ccccc21. The number of fused-ring (bicyclic) bond motifs is 15. The van der Waals surface area contributed by atoms with Crippen LogP contribution >= 0.6 is 11.3 Å². The zero-order chi connectivity index (χ0) is 35.8. The molecular formula is C50H34N2OS. The molecular weight excluding hydrogens is 677 g/mol. The van der Waals surface area contributed by atoms with Crippen molar-refractivity contribution in [1.82, 2.24) is 9.97 Å². The lowest BCUT2D eigenvalue weighted by Gasteiger charge is -2.40. The lowest BCUT2D eigenvalue weighted by molar-refractivity contribution is 0.438. The van der Waals surface area contributed by atoms with Crippen molar-refractivity contribution in [2.24, 2.45) is 0 Å². The Balaban J connectivity index is 1.13. The minimum Gasteiger partial charge on any atom is -0.456 e. The number of nitrogens with zero attached hydrogens (tertiary/aromatic N) is 2. The quantitative estimate of drug-likeness (QED) is 0.179. The van der Waals surface area contributed by atoms with Gasteiger partial charge in [-0.1, -0.05) is 147 Å². The van der Waals surface area contributed by atoms with Gasteiger partial charge in [0, 0.05) is 38.1 Å². The van der Waals surface area contributed by atoms with E-state index in [9.17, 15) is 0 Å². The molecule has 4 aliphatic rings. The summed E-state index contributed by atoms with van der Waals surface area (Å²) in [5.41, 5.74) is 15.2. The number of para-hydroxylation sites is 2. The molecule has 0 N–H and O–H groups in total. The van der Waals surface area contributed by atoms with E-state index in [0.29, 0.717) is 0 Å². The van der Waals surface area contributed by atoms with Crippen molar-refractivity contribution in [3.8, 4) is 33.9 Å². The highest BCUT2D eigenvalue weighted by Crippen LogP contribution is 2.63. The molecule has 3 aliphatic carbocycles. The van der Waals surface area contributed by atoms with E-state index in [1.54, 1.807) is 11.3 Å². The van der Waals surface area contributed by atoms with Crippen molar-refractivity contribution in [2.45, 2.75) is 37.0 Å². The highest BCUT2D eigenvalue weighted by atomic mass is 32.1. The molecule has 12 rings (SSSR count). The number of hydrogen-bond donors (Lipinski definition) is 0. The average Bonchev–Trinajstić information content (AvgIpc) is 3.82. The predicted molar refractivity (Wildman–Crippen MR) is 221 cm³/mol. The predicted octanol–water partition coefficient (Wildman–Crippen LogP) is 12.8. The second-order valence-electron chi connectivity index (χ2n) is 15.5. The molecule has 6 aromatic carbocycles. The molecule has 2 aromatic heterocycles. The number of thiophene rings is 1. The van der Waals surface area contributed by atoms with E-state index >= 15 is 0 Å². The maximum Gasteiger partial charge on any atom is 0.141 e. The van der Waals surface area contributed by atoms with Crippen LogP contribution < -0.4 is 4.74 Å². The molecule has 256 valence electrons. The van der Waals surface area contributed by atoms with Crippen LogP contribution in [0.3, 0.4) is 0 Å². The van der Waals surface area contributed by atoms with Gasteiger partial charge in [0.1, 0.15) is 17.3 Å². The van der Waals surface area contributed by atoms with Gasteiger partial charge < -0.3 is 4.74 Å². The Morgan fingerprint density at radius 3 is 2.04 bits per heavy atom. The van der Waals surface area contributed by atoms with Crippen LogP contribution in [-0.4, -0.2) is 9.97 Å². The maximum atomic E-state index is 7.13. The molecule has 1 spiro atoms. The second-order valence-corrected chi connectivity index (χ2v) is 16.6. The first-order valence-electron chi connectivity index (χ1n) is 18.9. The van der Waals surface area contributed by atoms with Crippen molar-refractivity contribution in [2.75, 3.05) is 0 Å². The lowest BCUT2D eigenvalue weighted by atomic mass is 9.65. The molecule has 0 fully saturated rings. The van der Waals surface area contributed by atoms with Crippen molar-refractivity contribution in [3.63, 3.8) is 0 Å². The molecule has 54 heavy (non-hydrogen) atoms. The Kier molecular flexibility index (Phi) is 6.04. The summed E-state index contributed by atoms with van der Waals surface area (Å²) in [5, 5.41) is 1.17. The molecule has 0 bridgehead atoms. The first kappa shape index (κ1) is 30.4. The Morgan fingerprint density at radius 1 is 0.611 bits per heavy atom. The Bertz CT molecular complexity index is 2950. The van der Waals surface area contributed by atoms with Crippen LogP contribution in [0.5, 0.6) is 11.5 Å². The Morgan fingerprint density at radius 2 is 1.24 bits per heavy atom. The summed E-state index contributed by atoms with van der Waals surface area (Å²) in [4.78, 5) is 11.1. The zero-order valence-corrected chi connectivity index (χ0v) is 30.7. The number of hydrogen-bond acceptors (Lipinski definition) is 4. The van der Waals surface area contributed by atoms with Gasteiger partial charge in [-0.3, -0.25) is 0 Å². The van der Waals surface area contributed by atoms with E-state index in [2.05, 4.69) is 166 Å². The van der Waals surface area contributed by atoms with Crippen LogP contribution in [-0.2, 0) is 10.8 Å². The van der Waals surface area contributed by atoms with E-state index in [0.717, 1.165) is 50.8 Å². The van der Waals surface area contributed by atoms with E-state index < -0.39 is 5.41 Å². The van der Waals surface area contributed by atoms with Crippen molar-refractivity contribution >= 4 is 37.2 Å². The van der Waals surface area contributed by atoms with Gasteiger partial charge in [-0.05, 0) is 69.1 Å². The van der Waals surface area contributed by atoms with Gasteiger partial charge >= 0.3 is 0 Å². The molecule has 1 aliphatic heterocycles. The maximum absolute atomic E-state index is 7.13. The molecule has 1 unspecified atom stereocenters. The topological polar surface area (TPSA) is 35.0 Å². The Labute approximate surface area is 318 Å². The molecule has 3 nitrogen and oxygen atoms in total. The monoisotopic (exact) mass is 710 g/mol. The molecule has 0 saturated heterocycles. The molecule has 0 saturated carbocycles. The zero-order valence-electron chi connectivity index (χ0n) is 29.9. The first-order valence-corrected chi connectivity index (χ1v) is 19.7. The normalized spacial score (nSPS) is 17.9. The van der Waals surface area contributed by atoms with E-state index in [-0.39, 0.29) is 11.3 Å². The summed E-state index contributed by atoms with van der Waals surface area (Å²) >= 11 is 1.77. The summed E-state index contributed by atoms with van der Waals surface area (Å²) in [6.07, 6.45) is 5.75. The first-order chi connectivity index (χ1) is 26.5. The fourth-order valence-electron chi connectivity index (χ4n) is 10.1. The standard InChI is InChI=1S/C50H34N2OS/c1-49(2)36-19-7-3-16-32(36)35-28-29(26-27-37(35)49)48-51-44-33-17-6-12-25-43(33)54-47(44)45(52-48)34-18-13-23-41-46(34)53-42-24-11-10-22-40(42)50(41)38-20-8-4-14-30(38)31-15-5-9-21-39(31)50/h3-25,27-29H,26H2,1-2H3. The third-order valence-electron chi connectivity index (χ3n) is 12.5. The van der Waals surface area contributed by atoms with Crippen LogP contribution in [0.4, 0.5) is 0 Å². The second kappa shape index (κ2) is 10.7. The smallest absolute Gasteiger partial charge is 0.141 e. The van der Waals surface area contributed by atoms with Crippen molar-refractivity contribution in [1.29, 1.82) is 0 Å². The van der Waals surface area contributed by atoms with Gasteiger partial charge in [-0.25, -0.2) is 9.97 Å². The number of rotatable bonds is 2. The fourth-order valence-corrected chi connectivity index (χ4v) is 11.3. The summed E-state index contributed by atoms with van der Waals surface area (Å²) in [6.45, 7) is 4.70. The summed E-state index contributed by atoms with van der Waals surface area (Å²) in [6, 6.07) is 50.6. The third kappa shape index (κ3) is 3.81.